The molecule has 0 unspecified atom stereocenters. The van der Waals surface area contributed by atoms with Crippen molar-refractivity contribution in [2.45, 2.75) is 26.2 Å². The van der Waals surface area contributed by atoms with Crippen molar-refractivity contribution in [1.29, 1.82) is 0 Å². The smallest absolute Gasteiger partial charge is 0.317 e. The van der Waals surface area contributed by atoms with Crippen LogP contribution in [0, 0.1) is 0 Å². The lowest BCUT2D eigenvalue weighted by Gasteiger charge is -2.34. The Hall–Kier alpha value is -2.24. The molecule has 132 valence electrons. The molecule has 1 aromatic rings. The maximum Gasteiger partial charge on any atom is 0.317 e. The third-order valence-corrected chi connectivity index (χ3v) is 4.21. The summed E-state index contributed by atoms with van der Waals surface area (Å²) >= 11 is 0. The molecule has 2 rings (SSSR count). The Morgan fingerprint density at radius 2 is 1.88 bits per heavy atom. The van der Waals surface area contributed by atoms with Gasteiger partial charge < -0.3 is 19.9 Å². The van der Waals surface area contributed by atoms with E-state index in [1.54, 1.807) is 12.0 Å². The normalized spacial score (nSPS) is 14.4. The van der Waals surface area contributed by atoms with Crippen molar-refractivity contribution >= 4 is 11.9 Å². The summed E-state index contributed by atoms with van der Waals surface area (Å²) in [7, 11) is 1.64. The first kappa shape index (κ1) is 18.1. The zero-order valence-electron chi connectivity index (χ0n) is 14.6. The number of nitrogens with one attached hydrogen (secondary N) is 1. The van der Waals surface area contributed by atoms with E-state index >= 15 is 0 Å². The molecule has 0 radical (unpaired) electrons. The second kappa shape index (κ2) is 9.15. The van der Waals surface area contributed by atoms with Crippen molar-refractivity contribution < 1.29 is 14.3 Å². The highest BCUT2D eigenvalue weighted by Crippen LogP contribution is 2.14. The molecule has 0 bridgehead atoms. The number of ether oxygens (including phenoxy) is 1. The minimum atomic E-state index is -0.0275. The molecule has 3 amide bonds. The number of piperazine rings is 1. The number of urea groups is 1. The van der Waals surface area contributed by atoms with Gasteiger partial charge in [0, 0.05) is 39.1 Å². The molecule has 1 heterocycles. The van der Waals surface area contributed by atoms with Gasteiger partial charge in [0.25, 0.3) is 0 Å². The second-order valence-corrected chi connectivity index (χ2v) is 5.95. The molecule has 1 aromatic carbocycles. The zero-order valence-corrected chi connectivity index (χ0v) is 14.6. The van der Waals surface area contributed by atoms with Crippen molar-refractivity contribution in [3.8, 4) is 5.75 Å². The topological polar surface area (TPSA) is 61.9 Å². The molecule has 1 aliphatic heterocycles. The number of hydrogen-bond acceptors (Lipinski definition) is 3. The van der Waals surface area contributed by atoms with Gasteiger partial charge in [-0.05, 0) is 30.5 Å². The van der Waals surface area contributed by atoms with Crippen LogP contribution in [-0.4, -0.2) is 61.6 Å². The highest BCUT2D eigenvalue weighted by Gasteiger charge is 2.23. The zero-order chi connectivity index (χ0) is 17.4. The number of carbonyl (C=O) groups is 2. The van der Waals surface area contributed by atoms with Crippen molar-refractivity contribution in [2.75, 3.05) is 39.8 Å². The van der Waals surface area contributed by atoms with Crippen LogP contribution in [0.15, 0.2) is 24.3 Å². The molecular formula is C18H27N3O3. The van der Waals surface area contributed by atoms with Gasteiger partial charge >= 0.3 is 6.03 Å². The molecule has 0 aliphatic carbocycles. The largest absolute Gasteiger partial charge is 0.497 e. The lowest BCUT2D eigenvalue weighted by molar-refractivity contribution is -0.132. The van der Waals surface area contributed by atoms with Crippen molar-refractivity contribution in [1.82, 2.24) is 15.1 Å². The summed E-state index contributed by atoms with van der Waals surface area (Å²) in [5.74, 6) is 0.957. The first-order valence-electron chi connectivity index (χ1n) is 8.57. The van der Waals surface area contributed by atoms with Crippen molar-refractivity contribution in [3.63, 3.8) is 0 Å². The number of rotatable bonds is 6. The molecule has 0 spiro atoms. The maximum atomic E-state index is 12.4. The molecule has 24 heavy (non-hydrogen) atoms. The predicted octanol–water partition coefficient (Wildman–Crippen LogP) is 1.89. The van der Waals surface area contributed by atoms with E-state index < -0.39 is 0 Å². The number of benzene rings is 1. The van der Waals surface area contributed by atoms with Crippen LogP contribution in [-0.2, 0) is 11.2 Å². The second-order valence-electron chi connectivity index (χ2n) is 5.95. The fourth-order valence-electron chi connectivity index (χ4n) is 2.74. The predicted molar refractivity (Wildman–Crippen MR) is 93.2 cm³/mol. The standard InChI is InChI=1S/C18H27N3O3/c1-3-9-19-18(23)21-12-10-20(11-13-21)17(22)8-7-15-5-4-6-16(14-15)24-2/h4-6,14H,3,7-13H2,1-2H3,(H,19,23). The Kier molecular flexibility index (Phi) is 6.90. The molecule has 1 saturated heterocycles. The van der Waals surface area contributed by atoms with E-state index in [9.17, 15) is 9.59 Å². The van der Waals surface area contributed by atoms with Crippen LogP contribution < -0.4 is 10.1 Å². The van der Waals surface area contributed by atoms with Gasteiger partial charge in [-0.3, -0.25) is 4.79 Å². The van der Waals surface area contributed by atoms with E-state index in [0.29, 0.717) is 45.6 Å². The van der Waals surface area contributed by atoms with Crippen LogP contribution >= 0.6 is 0 Å². The van der Waals surface area contributed by atoms with Crippen LogP contribution in [0.25, 0.3) is 0 Å². The van der Waals surface area contributed by atoms with Gasteiger partial charge in [0.05, 0.1) is 7.11 Å². The summed E-state index contributed by atoms with van der Waals surface area (Å²) in [5, 5.41) is 2.88. The Balaban J connectivity index is 1.75. The van der Waals surface area contributed by atoms with E-state index in [-0.39, 0.29) is 11.9 Å². The monoisotopic (exact) mass is 333 g/mol. The van der Waals surface area contributed by atoms with E-state index in [4.69, 9.17) is 4.74 Å². The first-order chi connectivity index (χ1) is 11.6. The highest BCUT2D eigenvalue weighted by atomic mass is 16.5. The van der Waals surface area contributed by atoms with Crippen LogP contribution in [0.3, 0.4) is 0 Å². The van der Waals surface area contributed by atoms with Crippen LogP contribution in [0.5, 0.6) is 5.75 Å². The summed E-state index contributed by atoms with van der Waals surface area (Å²) in [6.07, 6.45) is 2.11. The fourth-order valence-corrected chi connectivity index (χ4v) is 2.74. The number of hydrogen-bond donors (Lipinski definition) is 1. The SMILES string of the molecule is CCCNC(=O)N1CCN(C(=O)CCc2cccc(OC)c2)CC1. The van der Waals surface area contributed by atoms with Crippen molar-refractivity contribution in [3.05, 3.63) is 29.8 Å². The lowest BCUT2D eigenvalue weighted by atomic mass is 10.1. The molecule has 1 aliphatic rings. The molecule has 1 fully saturated rings. The van der Waals surface area contributed by atoms with Crippen LogP contribution in [0.1, 0.15) is 25.3 Å². The van der Waals surface area contributed by atoms with E-state index in [2.05, 4.69) is 5.32 Å². The van der Waals surface area contributed by atoms with Gasteiger partial charge in [0.2, 0.25) is 5.91 Å². The first-order valence-corrected chi connectivity index (χ1v) is 8.57. The third-order valence-electron chi connectivity index (χ3n) is 4.21. The van der Waals surface area contributed by atoms with Gasteiger partial charge in [-0.2, -0.15) is 0 Å². The van der Waals surface area contributed by atoms with Gasteiger partial charge in [-0.15, -0.1) is 0 Å². The summed E-state index contributed by atoms with van der Waals surface area (Å²) in [6, 6.07) is 7.77. The average molecular weight is 333 g/mol. The highest BCUT2D eigenvalue weighted by molar-refractivity contribution is 5.78. The minimum Gasteiger partial charge on any atom is -0.497 e. The van der Waals surface area contributed by atoms with Crippen LogP contribution in [0.2, 0.25) is 0 Å². The summed E-state index contributed by atoms with van der Waals surface area (Å²) in [5.41, 5.74) is 1.10. The molecule has 0 atom stereocenters. The summed E-state index contributed by atoms with van der Waals surface area (Å²) < 4.78 is 5.20. The summed E-state index contributed by atoms with van der Waals surface area (Å²) in [4.78, 5) is 27.9. The Bertz CT molecular complexity index is 554. The minimum absolute atomic E-state index is 0.0275. The van der Waals surface area contributed by atoms with Gasteiger partial charge in [-0.25, -0.2) is 4.79 Å². The summed E-state index contributed by atoms with van der Waals surface area (Å²) in [6.45, 7) is 5.13. The van der Waals surface area contributed by atoms with Crippen LogP contribution in [0.4, 0.5) is 4.79 Å². The maximum absolute atomic E-state index is 12.4. The molecule has 0 aromatic heterocycles. The molecule has 6 nitrogen and oxygen atoms in total. The molecule has 1 N–H and O–H groups in total. The number of nitrogens with zero attached hydrogens (tertiary/aromatic N) is 2. The van der Waals surface area contributed by atoms with E-state index in [1.807, 2.05) is 36.1 Å². The van der Waals surface area contributed by atoms with Gasteiger partial charge in [0.15, 0.2) is 0 Å². The van der Waals surface area contributed by atoms with E-state index in [1.165, 1.54) is 0 Å². The molecular weight excluding hydrogens is 306 g/mol. The fraction of sp³-hybridized carbons (Fsp3) is 0.556. The Morgan fingerprint density at radius 3 is 2.54 bits per heavy atom. The van der Waals surface area contributed by atoms with Gasteiger partial charge in [0.1, 0.15) is 5.75 Å². The number of carbonyl (C=O) groups excluding carboxylic acids is 2. The Labute approximate surface area is 143 Å². The third kappa shape index (κ3) is 5.15. The van der Waals surface area contributed by atoms with Gasteiger partial charge in [-0.1, -0.05) is 19.1 Å². The quantitative estimate of drug-likeness (QED) is 0.865. The number of aryl methyl sites for hydroxylation is 1. The van der Waals surface area contributed by atoms with Crippen molar-refractivity contribution in [2.24, 2.45) is 0 Å². The Morgan fingerprint density at radius 1 is 1.17 bits per heavy atom. The lowest BCUT2D eigenvalue weighted by Crippen LogP contribution is -2.53. The van der Waals surface area contributed by atoms with E-state index in [0.717, 1.165) is 17.7 Å². The molecule has 6 heteroatoms. The average Bonchev–Trinajstić information content (AvgIpc) is 2.64. The molecule has 0 saturated carbocycles. The number of amides is 3. The number of methoxy groups -OCH3 is 1.